The molecular weight excluding hydrogens is 332 g/mol. The van der Waals surface area contributed by atoms with E-state index in [0.717, 1.165) is 23.1 Å². The molecule has 0 atom stereocenters. The standard InChI is InChI=1S/C20H24N2O4/c1-12(2)11-26-19-8-14(5-6-15(19)13(3)4)7-18(23)16-9-22-17(10-21-16)20(24)25/h5-6,8-10,12-13H,7,11H2,1-4H3,(H,24,25). The molecule has 6 heteroatoms. The van der Waals surface area contributed by atoms with Gasteiger partial charge in [-0.05, 0) is 29.0 Å². The summed E-state index contributed by atoms with van der Waals surface area (Å²) in [4.78, 5) is 30.8. The van der Waals surface area contributed by atoms with Crippen LogP contribution in [0.1, 0.15) is 65.7 Å². The third-order valence-electron chi connectivity index (χ3n) is 3.79. The van der Waals surface area contributed by atoms with Crippen molar-refractivity contribution in [3.05, 3.63) is 53.1 Å². The Balaban J connectivity index is 2.18. The minimum absolute atomic E-state index is 0.146. The Morgan fingerprint density at radius 3 is 2.27 bits per heavy atom. The monoisotopic (exact) mass is 356 g/mol. The molecule has 0 aliphatic carbocycles. The first-order valence-corrected chi connectivity index (χ1v) is 8.62. The van der Waals surface area contributed by atoms with Crippen molar-refractivity contribution in [3.8, 4) is 5.75 Å². The highest BCUT2D eigenvalue weighted by Crippen LogP contribution is 2.28. The lowest BCUT2D eigenvalue weighted by Gasteiger charge is -2.16. The molecule has 0 saturated heterocycles. The zero-order chi connectivity index (χ0) is 19.3. The molecule has 0 aliphatic heterocycles. The molecule has 6 nitrogen and oxygen atoms in total. The van der Waals surface area contributed by atoms with Gasteiger partial charge in [0, 0.05) is 6.42 Å². The van der Waals surface area contributed by atoms with Gasteiger partial charge in [0.2, 0.25) is 0 Å². The Bertz CT molecular complexity index is 783. The number of carboxylic acid groups (broad SMARTS) is 1. The van der Waals surface area contributed by atoms with Crippen LogP contribution in [0.5, 0.6) is 5.75 Å². The Labute approximate surface area is 153 Å². The average molecular weight is 356 g/mol. The Hall–Kier alpha value is -2.76. The van der Waals surface area contributed by atoms with Crippen molar-refractivity contribution in [1.82, 2.24) is 9.97 Å². The molecule has 26 heavy (non-hydrogen) atoms. The predicted octanol–water partition coefficient (Wildman–Crippen LogP) is 3.76. The van der Waals surface area contributed by atoms with Gasteiger partial charge in [0.05, 0.1) is 19.0 Å². The quantitative estimate of drug-likeness (QED) is 0.724. The Morgan fingerprint density at radius 1 is 1.08 bits per heavy atom. The van der Waals surface area contributed by atoms with Crippen LogP contribution in [0.2, 0.25) is 0 Å². The second-order valence-corrected chi connectivity index (χ2v) is 6.92. The zero-order valence-corrected chi connectivity index (χ0v) is 15.5. The molecular formula is C20H24N2O4. The summed E-state index contributed by atoms with van der Waals surface area (Å²) in [6, 6.07) is 5.80. The number of ketones is 1. The lowest BCUT2D eigenvalue weighted by Crippen LogP contribution is -2.10. The van der Waals surface area contributed by atoms with Gasteiger partial charge in [0.25, 0.3) is 0 Å². The highest BCUT2D eigenvalue weighted by molar-refractivity contribution is 5.96. The maximum atomic E-state index is 12.4. The van der Waals surface area contributed by atoms with Crippen molar-refractivity contribution < 1.29 is 19.4 Å². The minimum atomic E-state index is -1.17. The summed E-state index contributed by atoms with van der Waals surface area (Å²) >= 11 is 0. The van der Waals surface area contributed by atoms with Crippen LogP contribution in [0.4, 0.5) is 0 Å². The van der Waals surface area contributed by atoms with Crippen molar-refractivity contribution in [1.29, 1.82) is 0 Å². The topological polar surface area (TPSA) is 89.4 Å². The second-order valence-electron chi connectivity index (χ2n) is 6.92. The Kier molecular flexibility index (Phi) is 6.44. The number of carboxylic acids is 1. The highest BCUT2D eigenvalue weighted by atomic mass is 16.5. The highest BCUT2D eigenvalue weighted by Gasteiger charge is 2.14. The summed E-state index contributed by atoms with van der Waals surface area (Å²) in [7, 11) is 0. The van der Waals surface area contributed by atoms with Crippen LogP contribution in [0.3, 0.4) is 0 Å². The fraction of sp³-hybridized carbons (Fsp3) is 0.400. The fourth-order valence-electron chi connectivity index (χ4n) is 2.41. The summed E-state index contributed by atoms with van der Waals surface area (Å²) < 4.78 is 5.93. The molecule has 0 spiro atoms. The van der Waals surface area contributed by atoms with Gasteiger partial charge in [0.1, 0.15) is 11.4 Å². The second kappa shape index (κ2) is 8.56. The van der Waals surface area contributed by atoms with Crippen LogP contribution in [0, 0.1) is 5.92 Å². The van der Waals surface area contributed by atoms with Gasteiger partial charge in [-0.25, -0.2) is 14.8 Å². The van der Waals surface area contributed by atoms with E-state index in [9.17, 15) is 9.59 Å². The average Bonchev–Trinajstić information content (AvgIpc) is 2.59. The number of rotatable bonds is 8. The number of carbonyl (C=O) groups excluding carboxylic acids is 1. The van der Waals surface area contributed by atoms with Crippen molar-refractivity contribution in [2.24, 2.45) is 5.92 Å². The van der Waals surface area contributed by atoms with E-state index >= 15 is 0 Å². The van der Waals surface area contributed by atoms with Crippen molar-refractivity contribution >= 4 is 11.8 Å². The van der Waals surface area contributed by atoms with Gasteiger partial charge in [-0.15, -0.1) is 0 Å². The number of hydrogen-bond acceptors (Lipinski definition) is 5. The number of aromatic carboxylic acids is 1. The van der Waals surface area contributed by atoms with E-state index < -0.39 is 5.97 Å². The third-order valence-corrected chi connectivity index (χ3v) is 3.79. The number of ether oxygens (including phenoxy) is 1. The van der Waals surface area contributed by atoms with E-state index in [0.29, 0.717) is 18.4 Å². The normalized spacial score (nSPS) is 11.0. The number of carbonyl (C=O) groups is 2. The molecule has 0 saturated carbocycles. The van der Waals surface area contributed by atoms with Crippen LogP contribution in [0.15, 0.2) is 30.6 Å². The third kappa shape index (κ3) is 5.12. The molecule has 0 fully saturated rings. The lowest BCUT2D eigenvalue weighted by molar-refractivity contribution is 0.0689. The molecule has 0 radical (unpaired) electrons. The molecule has 0 amide bonds. The first-order valence-electron chi connectivity index (χ1n) is 8.62. The van der Waals surface area contributed by atoms with E-state index in [2.05, 4.69) is 37.7 Å². The molecule has 0 bridgehead atoms. The molecule has 1 aromatic heterocycles. The molecule has 1 N–H and O–H groups in total. The fourth-order valence-corrected chi connectivity index (χ4v) is 2.41. The van der Waals surface area contributed by atoms with E-state index in [1.165, 1.54) is 6.20 Å². The molecule has 138 valence electrons. The van der Waals surface area contributed by atoms with Gasteiger partial charge in [0.15, 0.2) is 11.5 Å². The van der Waals surface area contributed by atoms with Gasteiger partial charge in [-0.3, -0.25) is 4.79 Å². The minimum Gasteiger partial charge on any atom is -0.493 e. The maximum Gasteiger partial charge on any atom is 0.356 e. The van der Waals surface area contributed by atoms with E-state index in [1.54, 1.807) is 0 Å². The van der Waals surface area contributed by atoms with Gasteiger partial charge in [-0.2, -0.15) is 0 Å². The largest absolute Gasteiger partial charge is 0.493 e. The van der Waals surface area contributed by atoms with Gasteiger partial charge in [-0.1, -0.05) is 39.8 Å². The van der Waals surface area contributed by atoms with Crippen molar-refractivity contribution in [3.63, 3.8) is 0 Å². The predicted molar refractivity (Wildman–Crippen MR) is 97.9 cm³/mol. The zero-order valence-electron chi connectivity index (χ0n) is 15.5. The first kappa shape index (κ1) is 19.6. The van der Waals surface area contributed by atoms with Crippen molar-refractivity contribution in [2.75, 3.05) is 6.61 Å². The molecule has 2 aromatic rings. The number of hydrogen-bond donors (Lipinski definition) is 1. The molecule has 1 heterocycles. The summed E-state index contributed by atoms with van der Waals surface area (Å²) in [6.45, 7) is 8.98. The van der Waals surface area contributed by atoms with Crippen molar-refractivity contribution in [2.45, 2.75) is 40.0 Å². The van der Waals surface area contributed by atoms with E-state index in [1.807, 2.05) is 18.2 Å². The van der Waals surface area contributed by atoms with Gasteiger partial charge < -0.3 is 9.84 Å². The van der Waals surface area contributed by atoms with Crippen LogP contribution >= 0.6 is 0 Å². The van der Waals surface area contributed by atoms with E-state index in [-0.39, 0.29) is 23.6 Å². The number of benzene rings is 1. The van der Waals surface area contributed by atoms with Crippen LogP contribution < -0.4 is 4.74 Å². The Morgan fingerprint density at radius 2 is 1.73 bits per heavy atom. The van der Waals surface area contributed by atoms with Gasteiger partial charge >= 0.3 is 5.97 Å². The first-order chi connectivity index (χ1) is 12.3. The van der Waals surface area contributed by atoms with Crippen LogP contribution in [-0.4, -0.2) is 33.4 Å². The van der Waals surface area contributed by atoms with E-state index in [4.69, 9.17) is 9.84 Å². The molecule has 2 rings (SSSR count). The molecule has 0 unspecified atom stereocenters. The molecule has 0 aliphatic rings. The summed E-state index contributed by atoms with van der Waals surface area (Å²) in [6.07, 6.45) is 2.44. The summed E-state index contributed by atoms with van der Waals surface area (Å²) in [5.41, 5.74) is 1.88. The number of aromatic nitrogens is 2. The SMILES string of the molecule is CC(C)COc1cc(CC(=O)c2cnc(C(=O)O)cn2)ccc1C(C)C. The summed E-state index contributed by atoms with van der Waals surface area (Å²) in [5, 5.41) is 8.84. The lowest BCUT2D eigenvalue weighted by atomic mass is 9.98. The number of nitrogens with zero attached hydrogens (tertiary/aromatic N) is 2. The smallest absolute Gasteiger partial charge is 0.356 e. The van der Waals surface area contributed by atoms with Crippen LogP contribution in [-0.2, 0) is 6.42 Å². The summed E-state index contributed by atoms with van der Waals surface area (Å²) in [5.74, 6) is 0.125. The number of Topliss-reactive ketones (excluding diaryl/α,β-unsaturated/α-hetero) is 1. The van der Waals surface area contributed by atoms with Crippen LogP contribution in [0.25, 0.3) is 0 Å². The maximum absolute atomic E-state index is 12.4. The molecule has 1 aromatic carbocycles.